The van der Waals surface area contributed by atoms with Gasteiger partial charge < -0.3 is 9.64 Å². The first-order valence-electron chi connectivity index (χ1n) is 5.44. The Kier molecular flexibility index (Phi) is 5.02. The zero-order chi connectivity index (χ0) is 12.7. The molecule has 0 aromatic heterocycles. The quantitative estimate of drug-likeness (QED) is 0.801. The second-order valence-corrected chi connectivity index (χ2v) is 3.87. The lowest BCUT2D eigenvalue weighted by molar-refractivity contribution is 0.105. The van der Waals surface area contributed by atoms with Crippen LogP contribution in [0.4, 0.5) is 4.79 Å². The molecule has 0 heterocycles. The smallest absolute Gasteiger partial charge is 0.409 e. The molecule has 0 atom stereocenters. The van der Waals surface area contributed by atoms with Crippen molar-refractivity contribution in [1.82, 2.24) is 4.90 Å². The number of amides is 1. The third-order valence-corrected chi connectivity index (χ3v) is 2.35. The van der Waals surface area contributed by atoms with E-state index >= 15 is 0 Å². The van der Waals surface area contributed by atoms with Crippen molar-refractivity contribution in [2.45, 2.75) is 20.0 Å². The maximum Gasteiger partial charge on any atom is 0.409 e. The summed E-state index contributed by atoms with van der Waals surface area (Å²) < 4.78 is 5.10. The van der Waals surface area contributed by atoms with Crippen molar-refractivity contribution >= 4 is 6.09 Å². The Hall–Kier alpha value is -2.02. The standard InChI is InChI=1S/C13H16N2O2/c1-11-4-6-12(7-5-11)10-17-13(16)15(2)9-3-8-14/h4-7H,3,9-10H2,1-2H3. The van der Waals surface area contributed by atoms with E-state index in [2.05, 4.69) is 0 Å². The molecule has 4 heteroatoms. The van der Waals surface area contributed by atoms with Gasteiger partial charge in [-0.1, -0.05) is 29.8 Å². The summed E-state index contributed by atoms with van der Waals surface area (Å²) in [5, 5.41) is 8.40. The lowest BCUT2D eigenvalue weighted by Gasteiger charge is -2.15. The highest BCUT2D eigenvalue weighted by Gasteiger charge is 2.09. The van der Waals surface area contributed by atoms with Crippen molar-refractivity contribution in [2.24, 2.45) is 0 Å². The molecular weight excluding hydrogens is 216 g/mol. The van der Waals surface area contributed by atoms with Gasteiger partial charge in [0.2, 0.25) is 0 Å². The number of benzene rings is 1. The van der Waals surface area contributed by atoms with Crippen LogP contribution in [0.25, 0.3) is 0 Å². The molecule has 0 aliphatic heterocycles. The fourth-order valence-corrected chi connectivity index (χ4v) is 1.25. The van der Waals surface area contributed by atoms with Crippen LogP contribution in [0, 0.1) is 18.3 Å². The van der Waals surface area contributed by atoms with E-state index < -0.39 is 6.09 Å². The highest BCUT2D eigenvalue weighted by Crippen LogP contribution is 2.05. The van der Waals surface area contributed by atoms with Crippen molar-refractivity contribution in [3.05, 3.63) is 35.4 Å². The van der Waals surface area contributed by atoms with E-state index in [0.717, 1.165) is 5.56 Å². The Morgan fingerprint density at radius 1 is 1.41 bits per heavy atom. The molecule has 0 aliphatic rings. The van der Waals surface area contributed by atoms with E-state index in [1.54, 1.807) is 7.05 Å². The number of hydrogen-bond donors (Lipinski definition) is 0. The number of hydrogen-bond acceptors (Lipinski definition) is 3. The number of ether oxygens (including phenoxy) is 1. The Bertz CT molecular complexity index is 406. The normalized spacial score (nSPS) is 9.47. The Labute approximate surface area is 101 Å². The van der Waals surface area contributed by atoms with Crippen molar-refractivity contribution in [3.8, 4) is 6.07 Å². The van der Waals surface area contributed by atoms with E-state index in [1.807, 2.05) is 37.3 Å². The average molecular weight is 232 g/mol. The maximum atomic E-state index is 11.5. The number of aryl methyl sites for hydroxylation is 1. The number of nitriles is 1. The summed E-state index contributed by atoms with van der Waals surface area (Å²) in [4.78, 5) is 12.9. The zero-order valence-electron chi connectivity index (χ0n) is 10.1. The minimum Gasteiger partial charge on any atom is -0.445 e. The Morgan fingerprint density at radius 2 is 2.06 bits per heavy atom. The average Bonchev–Trinajstić information content (AvgIpc) is 2.34. The van der Waals surface area contributed by atoms with Crippen molar-refractivity contribution in [2.75, 3.05) is 13.6 Å². The van der Waals surface area contributed by atoms with Crippen LogP contribution in [0.2, 0.25) is 0 Å². The van der Waals surface area contributed by atoms with Crippen LogP contribution < -0.4 is 0 Å². The topological polar surface area (TPSA) is 53.3 Å². The van der Waals surface area contributed by atoms with Crippen molar-refractivity contribution in [3.63, 3.8) is 0 Å². The number of carbonyl (C=O) groups is 1. The summed E-state index contributed by atoms with van der Waals surface area (Å²) in [7, 11) is 1.62. The molecule has 0 radical (unpaired) electrons. The van der Waals surface area contributed by atoms with E-state index in [0.29, 0.717) is 13.0 Å². The van der Waals surface area contributed by atoms with Crippen LogP contribution in [0.1, 0.15) is 17.5 Å². The molecule has 1 rings (SSSR count). The van der Waals surface area contributed by atoms with Crippen molar-refractivity contribution < 1.29 is 9.53 Å². The van der Waals surface area contributed by atoms with Crippen LogP contribution in [-0.2, 0) is 11.3 Å². The van der Waals surface area contributed by atoms with Gasteiger partial charge in [0.25, 0.3) is 0 Å². The number of carbonyl (C=O) groups excluding carboxylic acids is 1. The highest BCUT2D eigenvalue weighted by molar-refractivity contribution is 5.67. The van der Waals surface area contributed by atoms with E-state index in [-0.39, 0.29) is 6.61 Å². The minimum atomic E-state index is -0.402. The van der Waals surface area contributed by atoms with Crippen LogP contribution in [-0.4, -0.2) is 24.6 Å². The largest absolute Gasteiger partial charge is 0.445 e. The van der Waals surface area contributed by atoms with E-state index in [4.69, 9.17) is 10.00 Å². The van der Waals surface area contributed by atoms with Crippen LogP contribution in [0.5, 0.6) is 0 Å². The lowest BCUT2D eigenvalue weighted by atomic mass is 10.2. The summed E-state index contributed by atoms with van der Waals surface area (Å²) >= 11 is 0. The predicted octanol–water partition coefficient (Wildman–Crippen LogP) is 2.48. The number of rotatable bonds is 4. The molecule has 1 aromatic carbocycles. The maximum absolute atomic E-state index is 11.5. The third-order valence-electron chi connectivity index (χ3n) is 2.35. The summed E-state index contributed by atoms with van der Waals surface area (Å²) in [5.41, 5.74) is 2.13. The molecule has 0 bridgehead atoms. The summed E-state index contributed by atoms with van der Waals surface area (Å²) in [6.07, 6.45) is -0.0864. The zero-order valence-corrected chi connectivity index (χ0v) is 10.1. The molecule has 17 heavy (non-hydrogen) atoms. The van der Waals surface area contributed by atoms with Gasteiger partial charge in [-0.15, -0.1) is 0 Å². The van der Waals surface area contributed by atoms with Gasteiger partial charge in [0, 0.05) is 13.6 Å². The first-order valence-corrected chi connectivity index (χ1v) is 5.44. The van der Waals surface area contributed by atoms with E-state index in [9.17, 15) is 4.79 Å². The molecule has 1 aromatic rings. The molecule has 0 spiro atoms. The molecule has 0 unspecified atom stereocenters. The minimum absolute atomic E-state index is 0.260. The summed E-state index contributed by atoms with van der Waals surface area (Å²) in [5.74, 6) is 0. The number of nitrogens with zero attached hydrogens (tertiary/aromatic N) is 2. The SMILES string of the molecule is Cc1ccc(COC(=O)N(C)CCC#N)cc1. The molecule has 0 fully saturated rings. The van der Waals surface area contributed by atoms with E-state index in [1.165, 1.54) is 10.5 Å². The van der Waals surface area contributed by atoms with Gasteiger partial charge in [0.05, 0.1) is 12.5 Å². The molecule has 0 aliphatic carbocycles. The molecule has 1 amide bonds. The van der Waals surface area contributed by atoms with Gasteiger partial charge >= 0.3 is 6.09 Å². The second-order valence-electron chi connectivity index (χ2n) is 3.87. The monoisotopic (exact) mass is 232 g/mol. The predicted molar refractivity (Wildman–Crippen MR) is 64.2 cm³/mol. The van der Waals surface area contributed by atoms with Gasteiger partial charge in [0.15, 0.2) is 0 Å². The Balaban J connectivity index is 2.37. The summed E-state index contributed by atoms with van der Waals surface area (Å²) in [6.45, 7) is 2.66. The van der Waals surface area contributed by atoms with Crippen LogP contribution in [0.15, 0.2) is 24.3 Å². The van der Waals surface area contributed by atoms with Gasteiger partial charge in [-0.05, 0) is 12.5 Å². The molecule has 0 N–H and O–H groups in total. The molecule has 0 saturated carbocycles. The molecular formula is C13H16N2O2. The van der Waals surface area contributed by atoms with Crippen LogP contribution >= 0.6 is 0 Å². The second kappa shape index (κ2) is 6.54. The first kappa shape index (κ1) is 13.0. The van der Waals surface area contributed by atoms with Gasteiger partial charge in [-0.3, -0.25) is 0 Å². The Morgan fingerprint density at radius 3 is 2.65 bits per heavy atom. The molecule has 90 valence electrons. The molecule has 4 nitrogen and oxygen atoms in total. The van der Waals surface area contributed by atoms with Gasteiger partial charge in [-0.2, -0.15) is 5.26 Å². The lowest BCUT2D eigenvalue weighted by Crippen LogP contribution is -2.28. The fourth-order valence-electron chi connectivity index (χ4n) is 1.25. The van der Waals surface area contributed by atoms with Crippen molar-refractivity contribution in [1.29, 1.82) is 5.26 Å². The fraction of sp³-hybridized carbons (Fsp3) is 0.385. The first-order chi connectivity index (χ1) is 8.13. The van der Waals surface area contributed by atoms with Gasteiger partial charge in [-0.25, -0.2) is 4.79 Å². The van der Waals surface area contributed by atoms with Gasteiger partial charge in [0.1, 0.15) is 6.61 Å². The summed E-state index contributed by atoms with van der Waals surface area (Å²) in [6, 6.07) is 9.79. The van der Waals surface area contributed by atoms with Crippen LogP contribution in [0.3, 0.4) is 0 Å². The highest BCUT2D eigenvalue weighted by atomic mass is 16.6. The third kappa shape index (κ3) is 4.56. The molecule has 0 saturated heterocycles.